The van der Waals surface area contributed by atoms with Crippen molar-refractivity contribution in [2.75, 3.05) is 13.7 Å². The smallest absolute Gasteiger partial charge is 0.127 e. The van der Waals surface area contributed by atoms with E-state index in [-0.39, 0.29) is 6.04 Å². The van der Waals surface area contributed by atoms with E-state index in [1.54, 1.807) is 12.5 Å². The summed E-state index contributed by atoms with van der Waals surface area (Å²) in [6, 6.07) is 8.44. The van der Waals surface area contributed by atoms with Gasteiger partial charge in [-0.25, -0.2) is 0 Å². The molecule has 3 heteroatoms. The summed E-state index contributed by atoms with van der Waals surface area (Å²) in [5.41, 5.74) is 3.60. The fraction of sp³-hybridized carbons (Fsp3) is 0.286. The average molecular weight is 229 g/mol. The van der Waals surface area contributed by atoms with Gasteiger partial charge in [0.25, 0.3) is 0 Å². The molecule has 88 valence electrons. The number of nitrogens with one attached hydrogen (secondary N) is 1. The average Bonchev–Trinajstić information content (AvgIpc) is 3.00. The lowest BCUT2D eigenvalue weighted by Gasteiger charge is -2.17. The lowest BCUT2D eigenvalue weighted by Crippen LogP contribution is -2.17. The van der Waals surface area contributed by atoms with E-state index >= 15 is 0 Å². The quantitative estimate of drug-likeness (QED) is 0.878. The zero-order valence-corrected chi connectivity index (χ0v) is 9.77. The summed E-state index contributed by atoms with van der Waals surface area (Å²) in [5, 5.41) is 3.31. The molecule has 0 bridgehead atoms. The molecule has 3 rings (SSSR count). The van der Waals surface area contributed by atoms with Crippen LogP contribution in [0.15, 0.2) is 41.2 Å². The van der Waals surface area contributed by atoms with Gasteiger partial charge in [0.15, 0.2) is 0 Å². The molecule has 1 aliphatic rings. The molecule has 0 saturated heterocycles. The summed E-state index contributed by atoms with van der Waals surface area (Å²) in [5.74, 6) is 1.04. The highest BCUT2D eigenvalue weighted by atomic mass is 16.5. The number of hydrogen-bond donors (Lipinski definition) is 1. The van der Waals surface area contributed by atoms with Crippen molar-refractivity contribution in [3.63, 3.8) is 0 Å². The van der Waals surface area contributed by atoms with Crippen LogP contribution in [0.1, 0.15) is 22.7 Å². The maximum absolute atomic E-state index is 5.74. The molecule has 1 aromatic carbocycles. The first-order valence-electron chi connectivity index (χ1n) is 5.84. The van der Waals surface area contributed by atoms with Gasteiger partial charge >= 0.3 is 0 Å². The Hall–Kier alpha value is -1.74. The van der Waals surface area contributed by atoms with Crippen LogP contribution in [0.3, 0.4) is 0 Å². The Morgan fingerprint density at radius 3 is 3.00 bits per heavy atom. The predicted molar refractivity (Wildman–Crippen MR) is 65.3 cm³/mol. The molecule has 0 fully saturated rings. The van der Waals surface area contributed by atoms with Gasteiger partial charge in [0.1, 0.15) is 5.75 Å². The second kappa shape index (κ2) is 4.26. The van der Waals surface area contributed by atoms with E-state index in [2.05, 4.69) is 23.5 Å². The van der Waals surface area contributed by atoms with Crippen LogP contribution in [-0.2, 0) is 6.42 Å². The number of fused-ring (bicyclic) bond motifs is 1. The largest absolute Gasteiger partial charge is 0.493 e. The van der Waals surface area contributed by atoms with Crippen molar-refractivity contribution in [2.24, 2.45) is 0 Å². The van der Waals surface area contributed by atoms with Gasteiger partial charge in [-0.05, 0) is 18.7 Å². The number of ether oxygens (including phenoxy) is 1. The van der Waals surface area contributed by atoms with Crippen LogP contribution in [0, 0.1) is 0 Å². The van der Waals surface area contributed by atoms with Gasteiger partial charge < -0.3 is 14.5 Å². The van der Waals surface area contributed by atoms with E-state index < -0.39 is 0 Å². The fourth-order valence-electron chi connectivity index (χ4n) is 2.41. The number of para-hydroxylation sites is 1. The third kappa shape index (κ3) is 1.72. The molecule has 1 atom stereocenters. The Kier molecular flexibility index (Phi) is 2.61. The minimum atomic E-state index is 0.127. The van der Waals surface area contributed by atoms with Crippen molar-refractivity contribution in [3.05, 3.63) is 53.5 Å². The van der Waals surface area contributed by atoms with Crippen molar-refractivity contribution in [3.8, 4) is 5.75 Å². The Bertz CT molecular complexity index is 505. The molecule has 1 unspecified atom stereocenters. The minimum absolute atomic E-state index is 0.127. The third-order valence-electron chi connectivity index (χ3n) is 3.22. The summed E-state index contributed by atoms with van der Waals surface area (Å²) < 4.78 is 10.9. The molecule has 3 nitrogen and oxygen atoms in total. The maximum Gasteiger partial charge on any atom is 0.127 e. The summed E-state index contributed by atoms with van der Waals surface area (Å²) in [6.07, 6.45) is 4.48. The summed E-state index contributed by atoms with van der Waals surface area (Å²) >= 11 is 0. The molecule has 0 aliphatic carbocycles. The number of furan rings is 1. The van der Waals surface area contributed by atoms with Crippen molar-refractivity contribution in [1.82, 2.24) is 5.32 Å². The van der Waals surface area contributed by atoms with E-state index in [1.807, 2.05) is 13.1 Å². The highest BCUT2D eigenvalue weighted by molar-refractivity contribution is 5.48. The summed E-state index contributed by atoms with van der Waals surface area (Å²) in [4.78, 5) is 0. The zero-order valence-electron chi connectivity index (χ0n) is 9.77. The van der Waals surface area contributed by atoms with Crippen molar-refractivity contribution >= 4 is 0 Å². The minimum Gasteiger partial charge on any atom is -0.493 e. The van der Waals surface area contributed by atoms with E-state index in [0.717, 1.165) is 24.3 Å². The summed E-state index contributed by atoms with van der Waals surface area (Å²) in [6.45, 7) is 0.786. The first-order chi connectivity index (χ1) is 8.40. The molecule has 1 aliphatic heterocycles. The van der Waals surface area contributed by atoms with Crippen molar-refractivity contribution in [2.45, 2.75) is 12.5 Å². The molecule has 0 amide bonds. The third-order valence-corrected chi connectivity index (χ3v) is 3.22. The molecular weight excluding hydrogens is 214 g/mol. The van der Waals surface area contributed by atoms with Crippen LogP contribution < -0.4 is 10.1 Å². The molecule has 0 radical (unpaired) electrons. The number of benzene rings is 1. The molecule has 1 N–H and O–H groups in total. The fourth-order valence-corrected chi connectivity index (χ4v) is 2.41. The van der Waals surface area contributed by atoms with Gasteiger partial charge in [-0.15, -0.1) is 0 Å². The second-order valence-corrected chi connectivity index (χ2v) is 4.21. The molecule has 0 saturated carbocycles. The Morgan fingerprint density at radius 1 is 1.29 bits per heavy atom. The first kappa shape index (κ1) is 10.4. The Balaban J connectivity index is 2.06. The van der Waals surface area contributed by atoms with Gasteiger partial charge in [0.05, 0.1) is 25.2 Å². The lowest BCUT2D eigenvalue weighted by molar-refractivity contribution is 0.351. The standard InChI is InChI=1S/C14H15NO2/c1-15-13(11-5-7-16-9-11)12-4-2-3-10-6-8-17-14(10)12/h2-5,7,9,13,15H,6,8H2,1H3. The van der Waals surface area contributed by atoms with Gasteiger partial charge in [-0.1, -0.05) is 18.2 Å². The molecule has 2 aromatic rings. The van der Waals surface area contributed by atoms with Crippen LogP contribution in [-0.4, -0.2) is 13.7 Å². The predicted octanol–water partition coefficient (Wildman–Crippen LogP) is 2.52. The monoisotopic (exact) mass is 229 g/mol. The van der Waals surface area contributed by atoms with Gasteiger partial charge in [0, 0.05) is 17.5 Å². The van der Waals surface area contributed by atoms with Crippen LogP contribution >= 0.6 is 0 Å². The highest BCUT2D eigenvalue weighted by Crippen LogP contribution is 2.35. The van der Waals surface area contributed by atoms with Crippen molar-refractivity contribution < 1.29 is 9.15 Å². The van der Waals surface area contributed by atoms with Crippen molar-refractivity contribution in [1.29, 1.82) is 0 Å². The van der Waals surface area contributed by atoms with Crippen LogP contribution in [0.4, 0.5) is 0 Å². The molecule has 1 aromatic heterocycles. The van der Waals surface area contributed by atoms with Crippen LogP contribution in [0.25, 0.3) is 0 Å². The number of rotatable bonds is 3. The molecule has 2 heterocycles. The van der Waals surface area contributed by atoms with E-state index in [4.69, 9.17) is 9.15 Å². The zero-order chi connectivity index (χ0) is 11.7. The Labute approximate surface area is 100 Å². The van der Waals surface area contributed by atoms with Gasteiger partial charge in [-0.2, -0.15) is 0 Å². The Morgan fingerprint density at radius 2 is 2.24 bits per heavy atom. The molecule has 17 heavy (non-hydrogen) atoms. The number of hydrogen-bond acceptors (Lipinski definition) is 3. The van der Waals surface area contributed by atoms with Crippen LogP contribution in [0.2, 0.25) is 0 Å². The maximum atomic E-state index is 5.74. The van der Waals surface area contributed by atoms with Gasteiger partial charge in [0.2, 0.25) is 0 Å². The molecular formula is C14H15NO2. The van der Waals surface area contributed by atoms with Gasteiger partial charge in [-0.3, -0.25) is 0 Å². The highest BCUT2D eigenvalue weighted by Gasteiger charge is 2.22. The normalized spacial score (nSPS) is 15.4. The molecule has 0 spiro atoms. The second-order valence-electron chi connectivity index (χ2n) is 4.21. The van der Waals surface area contributed by atoms with E-state index in [1.165, 1.54) is 11.1 Å². The first-order valence-corrected chi connectivity index (χ1v) is 5.84. The SMILES string of the molecule is CNC(c1ccoc1)c1cccc2c1OCC2. The summed E-state index contributed by atoms with van der Waals surface area (Å²) in [7, 11) is 1.95. The lowest BCUT2D eigenvalue weighted by atomic mass is 9.98. The van der Waals surface area contributed by atoms with E-state index in [0.29, 0.717) is 0 Å². The van der Waals surface area contributed by atoms with Crippen LogP contribution in [0.5, 0.6) is 5.75 Å². The topological polar surface area (TPSA) is 34.4 Å². The van der Waals surface area contributed by atoms with E-state index in [9.17, 15) is 0 Å².